The van der Waals surface area contributed by atoms with Gasteiger partial charge in [-0.15, -0.1) is 0 Å². The standard InChI is InChI=1S/C21H41NO3.C6H14N4O2/c1-3-4-5-6-7-8-9-10-11-12-13-14-15-16-17-18-20(23)22-19(2)21(24)25;7-4(5(11)12)2-1-3-10-6(8)9/h19H,3-18H2,1-2H3,(H,22,23)(H,24,25);4H,1-3,7H2,(H,11,12)(H4,8,9,10)/t;4-/m.0/s1. The molecule has 0 aliphatic heterocycles. The van der Waals surface area contributed by atoms with E-state index in [0.29, 0.717) is 25.8 Å². The third kappa shape index (κ3) is 29.8. The quantitative estimate of drug-likeness (QED) is 0.0640. The highest BCUT2D eigenvalue weighted by molar-refractivity contribution is 5.83. The van der Waals surface area contributed by atoms with E-state index in [4.69, 9.17) is 27.4 Å². The van der Waals surface area contributed by atoms with Gasteiger partial charge in [-0.05, 0) is 26.2 Å². The lowest BCUT2D eigenvalue weighted by atomic mass is 10.0. The summed E-state index contributed by atoms with van der Waals surface area (Å²) in [6.45, 7) is 4.18. The predicted octanol–water partition coefficient (Wildman–Crippen LogP) is 4.29. The fourth-order valence-corrected chi connectivity index (χ4v) is 3.68. The molecule has 0 bridgehead atoms. The van der Waals surface area contributed by atoms with Crippen LogP contribution in [0.25, 0.3) is 0 Å². The van der Waals surface area contributed by atoms with Crippen LogP contribution in [0.1, 0.15) is 129 Å². The van der Waals surface area contributed by atoms with E-state index in [0.717, 1.165) is 12.8 Å². The smallest absolute Gasteiger partial charge is 0.325 e. The SMILES string of the molecule is CCCCCCCCCCCCCCCCCC(=O)NC(C)C(=O)O.NC(N)=NCCC[C@H](N)C(=O)O. The maximum Gasteiger partial charge on any atom is 0.325 e. The molecule has 0 rings (SSSR count). The molecule has 0 radical (unpaired) electrons. The van der Waals surface area contributed by atoms with Crippen molar-refractivity contribution in [2.24, 2.45) is 22.2 Å². The molecule has 0 aromatic rings. The van der Waals surface area contributed by atoms with Crippen LogP contribution in [0.2, 0.25) is 0 Å². The Bertz CT molecular complexity index is 612. The zero-order valence-corrected chi connectivity index (χ0v) is 23.4. The number of nitrogens with zero attached hydrogens (tertiary/aromatic N) is 1. The molecule has 2 atom stereocenters. The molecule has 1 unspecified atom stereocenters. The van der Waals surface area contributed by atoms with Gasteiger partial charge in [0.15, 0.2) is 5.96 Å². The minimum absolute atomic E-state index is 0.0129. The fourth-order valence-electron chi connectivity index (χ4n) is 3.68. The monoisotopic (exact) mass is 529 g/mol. The van der Waals surface area contributed by atoms with E-state index in [2.05, 4.69) is 17.2 Å². The zero-order chi connectivity index (χ0) is 28.3. The third-order valence-electron chi connectivity index (χ3n) is 6.04. The third-order valence-corrected chi connectivity index (χ3v) is 6.04. The molecule has 0 aliphatic carbocycles. The number of hydrogen-bond donors (Lipinski definition) is 6. The molecule has 0 heterocycles. The first-order valence-electron chi connectivity index (χ1n) is 14.2. The van der Waals surface area contributed by atoms with Crippen molar-refractivity contribution in [3.05, 3.63) is 0 Å². The minimum atomic E-state index is -1.00. The molecule has 0 spiro atoms. The Morgan fingerprint density at radius 1 is 0.730 bits per heavy atom. The number of amides is 1. The Morgan fingerprint density at radius 3 is 1.54 bits per heavy atom. The first-order valence-corrected chi connectivity index (χ1v) is 14.2. The summed E-state index contributed by atoms with van der Waals surface area (Å²) >= 11 is 0. The van der Waals surface area contributed by atoms with E-state index in [1.807, 2.05) is 0 Å². The van der Waals surface area contributed by atoms with Gasteiger partial charge in [-0.1, -0.05) is 96.8 Å². The van der Waals surface area contributed by atoms with Gasteiger partial charge in [0.25, 0.3) is 0 Å². The average Bonchev–Trinajstić information content (AvgIpc) is 2.84. The van der Waals surface area contributed by atoms with Crippen molar-refractivity contribution < 1.29 is 24.6 Å². The molecule has 9 N–H and O–H groups in total. The van der Waals surface area contributed by atoms with Gasteiger partial charge in [-0.2, -0.15) is 0 Å². The number of carbonyl (C=O) groups excluding carboxylic acids is 1. The van der Waals surface area contributed by atoms with Gasteiger partial charge in [0, 0.05) is 13.0 Å². The van der Waals surface area contributed by atoms with Crippen molar-refractivity contribution in [1.82, 2.24) is 5.32 Å². The summed E-state index contributed by atoms with van der Waals surface area (Å²) in [4.78, 5) is 36.0. The molecule has 10 nitrogen and oxygen atoms in total. The maximum atomic E-state index is 11.5. The number of carboxylic acids is 2. The second kappa shape index (κ2) is 26.7. The van der Waals surface area contributed by atoms with E-state index >= 15 is 0 Å². The molecular formula is C27H55N5O5. The Balaban J connectivity index is 0. The average molecular weight is 530 g/mol. The van der Waals surface area contributed by atoms with E-state index in [-0.39, 0.29) is 11.9 Å². The number of aliphatic imine (C=N–C) groups is 1. The van der Waals surface area contributed by atoms with Crippen LogP contribution in [0.3, 0.4) is 0 Å². The lowest BCUT2D eigenvalue weighted by molar-refractivity contribution is -0.141. The first-order chi connectivity index (χ1) is 17.6. The predicted molar refractivity (Wildman–Crippen MR) is 150 cm³/mol. The number of unbranched alkanes of at least 4 members (excludes halogenated alkanes) is 14. The summed E-state index contributed by atoms with van der Waals surface area (Å²) in [6.07, 6.45) is 20.9. The summed E-state index contributed by atoms with van der Waals surface area (Å²) in [5, 5.41) is 19.6. The molecular weight excluding hydrogens is 474 g/mol. The van der Waals surface area contributed by atoms with Crippen LogP contribution in [-0.4, -0.2) is 52.6 Å². The first kappa shape index (κ1) is 36.8. The minimum Gasteiger partial charge on any atom is -0.480 e. The highest BCUT2D eigenvalue weighted by atomic mass is 16.4. The highest BCUT2D eigenvalue weighted by Crippen LogP contribution is 2.13. The Labute approximate surface area is 224 Å². The lowest BCUT2D eigenvalue weighted by Crippen LogP contribution is -2.38. The highest BCUT2D eigenvalue weighted by Gasteiger charge is 2.13. The van der Waals surface area contributed by atoms with Gasteiger partial charge in [0.2, 0.25) is 5.91 Å². The molecule has 218 valence electrons. The number of carboxylic acid groups (broad SMARTS) is 2. The number of aliphatic carboxylic acids is 2. The number of rotatable bonds is 23. The number of nitrogens with two attached hydrogens (primary N) is 3. The van der Waals surface area contributed by atoms with E-state index in [1.165, 1.54) is 90.4 Å². The largest absolute Gasteiger partial charge is 0.480 e. The van der Waals surface area contributed by atoms with Crippen LogP contribution in [0.4, 0.5) is 0 Å². The topological polar surface area (TPSA) is 194 Å². The van der Waals surface area contributed by atoms with Gasteiger partial charge >= 0.3 is 11.9 Å². The van der Waals surface area contributed by atoms with Crippen molar-refractivity contribution in [3.63, 3.8) is 0 Å². The van der Waals surface area contributed by atoms with Crippen LogP contribution in [-0.2, 0) is 14.4 Å². The maximum absolute atomic E-state index is 11.5. The van der Waals surface area contributed by atoms with E-state index in [1.54, 1.807) is 0 Å². The molecule has 0 aromatic heterocycles. The zero-order valence-electron chi connectivity index (χ0n) is 23.4. The number of carbonyl (C=O) groups is 3. The molecule has 1 amide bonds. The Kier molecular flexibility index (Phi) is 26.5. The van der Waals surface area contributed by atoms with Crippen LogP contribution in [0.15, 0.2) is 4.99 Å². The Morgan fingerprint density at radius 2 is 1.16 bits per heavy atom. The number of guanidine groups is 1. The molecule has 0 aromatic carbocycles. The summed E-state index contributed by atoms with van der Waals surface area (Å²) in [5.74, 6) is -2.12. The van der Waals surface area contributed by atoms with Crippen LogP contribution in [0.5, 0.6) is 0 Å². The fraction of sp³-hybridized carbons (Fsp3) is 0.852. The number of hydrogen-bond acceptors (Lipinski definition) is 5. The number of nitrogens with one attached hydrogen (secondary N) is 1. The molecule has 0 saturated carbocycles. The van der Waals surface area contributed by atoms with Crippen LogP contribution >= 0.6 is 0 Å². The molecule has 0 fully saturated rings. The van der Waals surface area contributed by atoms with Crippen molar-refractivity contribution in [2.75, 3.05) is 6.54 Å². The van der Waals surface area contributed by atoms with Gasteiger partial charge in [0.05, 0.1) is 0 Å². The summed E-state index contributed by atoms with van der Waals surface area (Å²) in [6, 6.07) is -1.61. The normalized spacial score (nSPS) is 12.1. The second-order valence-corrected chi connectivity index (χ2v) is 9.72. The van der Waals surface area contributed by atoms with Gasteiger partial charge in [-0.3, -0.25) is 19.4 Å². The summed E-state index contributed by atoms with van der Waals surface area (Å²) in [5.41, 5.74) is 15.3. The lowest BCUT2D eigenvalue weighted by Gasteiger charge is -2.08. The van der Waals surface area contributed by atoms with Crippen molar-refractivity contribution in [1.29, 1.82) is 0 Å². The van der Waals surface area contributed by atoms with Crippen molar-refractivity contribution in [3.8, 4) is 0 Å². The molecule has 37 heavy (non-hydrogen) atoms. The van der Waals surface area contributed by atoms with E-state index < -0.39 is 24.0 Å². The molecule has 0 saturated heterocycles. The van der Waals surface area contributed by atoms with Crippen molar-refractivity contribution >= 4 is 23.8 Å². The summed E-state index contributed by atoms with van der Waals surface area (Å²) < 4.78 is 0. The Hall–Kier alpha value is -2.36. The van der Waals surface area contributed by atoms with Crippen LogP contribution in [0, 0.1) is 0 Å². The molecule has 10 heteroatoms. The van der Waals surface area contributed by atoms with Gasteiger partial charge in [0.1, 0.15) is 12.1 Å². The summed E-state index contributed by atoms with van der Waals surface area (Å²) in [7, 11) is 0. The van der Waals surface area contributed by atoms with Crippen LogP contribution < -0.4 is 22.5 Å². The molecule has 0 aliphatic rings. The van der Waals surface area contributed by atoms with Gasteiger partial charge < -0.3 is 32.7 Å². The van der Waals surface area contributed by atoms with Crippen molar-refractivity contribution in [2.45, 2.75) is 142 Å². The second-order valence-electron chi connectivity index (χ2n) is 9.72. The van der Waals surface area contributed by atoms with E-state index in [9.17, 15) is 14.4 Å². The van der Waals surface area contributed by atoms with Gasteiger partial charge in [-0.25, -0.2) is 0 Å².